The van der Waals surface area contributed by atoms with Crippen molar-refractivity contribution in [3.8, 4) is 0 Å². The fraction of sp³-hybridized carbons (Fsp3) is 0.612. The second kappa shape index (κ2) is 29.9. The average Bonchev–Trinajstić information content (AvgIpc) is 4.21. The highest BCUT2D eigenvalue weighted by molar-refractivity contribution is 6.03. The third-order valence-corrected chi connectivity index (χ3v) is 13.4. The first-order chi connectivity index (χ1) is 37.2. The fourth-order valence-corrected chi connectivity index (χ4v) is 9.11. The number of likely N-dealkylation sites (tertiary alicyclic amines) is 2. The number of rotatable bonds is 10. The summed E-state index contributed by atoms with van der Waals surface area (Å²) in [5.41, 5.74) is 2.45. The lowest BCUT2D eigenvalue weighted by Gasteiger charge is -2.34. The average molecular weight is 1100 g/mol. The molecule has 8 heterocycles. The second-order valence-electron chi connectivity index (χ2n) is 19.0. The molecular formula is C49H69N11O18. The van der Waals surface area contributed by atoms with Gasteiger partial charge in [0.05, 0.1) is 20.3 Å². The predicted molar refractivity (Wildman–Crippen MR) is 264 cm³/mol. The van der Waals surface area contributed by atoms with Crippen LogP contribution >= 0.6 is 0 Å². The number of hydroxylamine groups is 10. The number of carbonyl (C=O) groups is 13. The predicted octanol–water partition coefficient (Wildman–Crippen LogP) is 0.531. The van der Waals surface area contributed by atoms with E-state index in [1.807, 2.05) is 33.3 Å². The molecule has 7 fully saturated rings. The van der Waals surface area contributed by atoms with E-state index >= 15 is 0 Å². The van der Waals surface area contributed by atoms with Crippen LogP contribution in [0.4, 0.5) is 14.4 Å². The quantitative estimate of drug-likeness (QED) is 0.269. The van der Waals surface area contributed by atoms with Crippen molar-refractivity contribution < 1.29 is 86.5 Å². The number of hydrogen-bond donors (Lipinski definition) is 3. The molecular weight excluding hydrogens is 1030 g/mol. The van der Waals surface area contributed by atoms with Gasteiger partial charge in [0.1, 0.15) is 0 Å². The molecule has 428 valence electrons. The molecule has 7 saturated heterocycles. The number of benzene rings is 1. The normalized spacial score (nSPS) is 22.6. The minimum atomic E-state index is -0.787. The molecule has 9 rings (SSSR count). The van der Waals surface area contributed by atoms with Gasteiger partial charge in [0, 0.05) is 102 Å². The van der Waals surface area contributed by atoms with Gasteiger partial charge in [0.2, 0.25) is 0 Å². The molecule has 0 aromatic heterocycles. The van der Waals surface area contributed by atoms with E-state index in [0.29, 0.717) is 28.3 Å². The number of likely N-dealkylation sites (N-methyl/N-ethyl adjacent to an activating group) is 3. The van der Waals surface area contributed by atoms with Gasteiger partial charge >= 0.3 is 18.3 Å². The van der Waals surface area contributed by atoms with Crippen LogP contribution in [0.25, 0.3) is 0 Å². The van der Waals surface area contributed by atoms with Gasteiger partial charge in [-0.15, -0.1) is 15.2 Å². The fourth-order valence-electron chi connectivity index (χ4n) is 9.11. The van der Waals surface area contributed by atoms with Crippen molar-refractivity contribution in [1.82, 2.24) is 56.0 Å². The molecule has 3 N–H and O–H groups in total. The van der Waals surface area contributed by atoms with E-state index in [-0.39, 0.29) is 106 Å². The minimum Gasteiger partial charge on any atom is -0.318 e. The van der Waals surface area contributed by atoms with Crippen LogP contribution in [0, 0.1) is 0 Å². The zero-order valence-electron chi connectivity index (χ0n) is 44.5. The molecule has 8 aliphatic heterocycles. The van der Waals surface area contributed by atoms with E-state index in [4.69, 9.17) is 14.5 Å². The summed E-state index contributed by atoms with van der Waals surface area (Å²) in [5.74, 6) is -3.80. The number of nitrogens with one attached hydrogen (secondary N) is 3. The van der Waals surface area contributed by atoms with Crippen LogP contribution in [0.5, 0.6) is 0 Å². The Kier molecular flexibility index (Phi) is 23.5. The van der Waals surface area contributed by atoms with E-state index in [9.17, 15) is 62.3 Å². The van der Waals surface area contributed by atoms with Gasteiger partial charge < -0.3 is 40.3 Å². The maximum absolute atomic E-state index is 11.9. The van der Waals surface area contributed by atoms with Crippen molar-refractivity contribution in [2.24, 2.45) is 0 Å². The number of amides is 13. The highest BCUT2D eigenvalue weighted by Gasteiger charge is 2.36. The summed E-state index contributed by atoms with van der Waals surface area (Å²) in [6.07, 6.45) is 5.68. The lowest BCUT2D eigenvalue weighted by molar-refractivity contribution is -0.180. The number of hydrogen-bond acceptors (Lipinski definition) is 21. The largest absolute Gasteiger partial charge is 0.432 e. The Morgan fingerprint density at radius 3 is 1.32 bits per heavy atom. The molecule has 0 bridgehead atoms. The van der Waals surface area contributed by atoms with Gasteiger partial charge in [0.15, 0.2) is 0 Å². The molecule has 13 amide bonds. The standard InChI is InChI=1S/C16H19N3O4.C12H19N3O4.C11H17N3O4.2C5H7NO3/c1-18-9-8-11-4-2-3-5-12(11)13(18)10-17-16(22)23-19-14(20)6-7-15(19)21;1-14-7-3-2-4-9(14)8-13-12(18)19-15-10(16)5-6-11(15)17;1-13-6-2-3-8(7-13)12-11(17)18-14-9(15)4-5-10(14)16;2*1-9-6-4(7)2-3-5(6)8/h2-5,13H,6-10H2,1H3,(H,17,22);9H,2-8H2,1H3,(H,13,18);8H,2-7H2,1H3,(H,12,17);2*2-3H2,1H3. The maximum Gasteiger partial charge on any atom is 0.432 e. The van der Waals surface area contributed by atoms with Gasteiger partial charge in [-0.2, -0.15) is 10.1 Å². The summed E-state index contributed by atoms with van der Waals surface area (Å²) in [4.78, 5) is 175. The zero-order valence-corrected chi connectivity index (χ0v) is 44.5. The molecule has 1 aromatic carbocycles. The van der Waals surface area contributed by atoms with Crippen LogP contribution in [-0.4, -0.2) is 204 Å². The SMILES string of the molecule is CN1CCCC(NC(=O)ON2C(=O)CCC2=O)C1.CN1CCCCC1CNC(=O)ON1C(=O)CCC1=O.CN1CCc2ccccc2C1CNC(=O)ON1C(=O)CCC1=O.CON1C(=O)CCC1=O.CON1C(=O)CCC1=O. The van der Waals surface area contributed by atoms with E-state index in [2.05, 4.69) is 52.5 Å². The number of imide groups is 5. The number of fused-ring (bicyclic) bond motifs is 1. The first-order valence-electron chi connectivity index (χ1n) is 25.6. The van der Waals surface area contributed by atoms with E-state index in [0.717, 1.165) is 68.4 Å². The van der Waals surface area contributed by atoms with Crippen LogP contribution in [0.15, 0.2) is 24.3 Å². The van der Waals surface area contributed by atoms with Crippen molar-refractivity contribution in [2.45, 2.75) is 121 Å². The highest BCUT2D eigenvalue weighted by Crippen LogP contribution is 2.28. The molecule has 0 radical (unpaired) electrons. The Morgan fingerprint density at radius 1 is 0.474 bits per heavy atom. The molecule has 3 atom stereocenters. The molecule has 0 saturated carbocycles. The number of nitrogens with zero attached hydrogens (tertiary/aromatic N) is 8. The highest BCUT2D eigenvalue weighted by atomic mass is 16.7. The van der Waals surface area contributed by atoms with E-state index < -0.39 is 53.7 Å². The summed E-state index contributed by atoms with van der Waals surface area (Å²) in [6.45, 7) is 4.49. The van der Waals surface area contributed by atoms with Gasteiger partial charge in [-0.05, 0) is 77.5 Å². The van der Waals surface area contributed by atoms with Gasteiger partial charge in [0.25, 0.3) is 59.1 Å². The Hall–Kier alpha value is -7.47. The molecule has 8 aliphatic rings. The first-order valence-corrected chi connectivity index (χ1v) is 25.6. The lowest BCUT2D eigenvalue weighted by atomic mass is 9.93. The molecule has 0 aliphatic carbocycles. The lowest BCUT2D eigenvalue weighted by Crippen LogP contribution is -2.48. The number of piperidine rings is 2. The Morgan fingerprint density at radius 2 is 0.897 bits per heavy atom. The molecule has 29 heteroatoms. The molecule has 3 unspecified atom stereocenters. The van der Waals surface area contributed by atoms with Crippen molar-refractivity contribution in [3.05, 3.63) is 35.4 Å². The van der Waals surface area contributed by atoms with E-state index in [1.54, 1.807) is 0 Å². The van der Waals surface area contributed by atoms with Crippen molar-refractivity contribution in [1.29, 1.82) is 0 Å². The molecule has 0 spiro atoms. The van der Waals surface area contributed by atoms with Crippen LogP contribution in [0.3, 0.4) is 0 Å². The Bertz CT molecular complexity index is 2310. The monoisotopic (exact) mass is 1100 g/mol. The summed E-state index contributed by atoms with van der Waals surface area (Å²) in [7, 11) is 8.61. The van der Waals surface area contributed by atoms with Crippen LogP contribution in [-0.2, 0) is 78.6 Å². The molecule has 78 heavy (non-hydrogen) atoms. The Labute approximate surface area is 449 Å². The topological polar surface area (TPSA) is 330 Å². The van der Waals surface area contributed by atoms with Crippen molar-refractivity contribution in [3.63, 3.8) is 0 Å². The minimum absolute atomic E-state index is 0.00376. The van der Waals surface area contributed by atoms with Gasteiger partial charge in [-0.1, -0.05) is 30.7 Å². The Balaban J connectivity index is 0.000000187. The van der Waals surface area contributed by atoms with Gasteiger partial charge in [-0.25, -0.2) is 14.4 Å². The van der Waals surface area contributed by atoms with E-state index in [1.165, 1.54) is 31.8 Å². The van der Waals surface area contributed by atoms with Crippen LogP contribution < -0.4 is 16.0 Å². The summed E-state index contributed by atoms with van der Waals surface area (Å²) in [6, 6.07) is 8.46. The third-order valence-electron chi connectivity index (χ3n) is 13.4. The summed E-state index contributed by atoms with van der Waals surface area (Å²) < 4.78 is 0. The summed E-state index contributed by atoms with van der Waals surface area (Å²) >= 11 is 0. The molecule has 1 aromatic rings. The van der Waals surface area contributed by atoms with Crippen molar-refractivity contribution >= 4 is 77.4 Å². The van der Waals surface area contributed by atoms with Crippen LogP contribution in [0.1, 0.15) is 113 Å². The smallest absolute Gasteiger partial charge is 0.318 e. The maximum atomic E-state index is 11.9. The van der Waals surface area contributed by atoms with Crippen molar-refractivity contribution in [2.75, 3.05) is 74.6 Å². The zero-order chi connectivity index (χ0) is 57.1. The van der Waals surface area contributed by atoms with Crippen LogP contribution in [0.2, 0.25) is 0 Å². The first kappa shape index (κ1) is 61.4. The third kappa shape index (κ3) is 17.8. The number of carbonyl (C=O) groups excluding carboxylic acids is 13. The summed E-state index contributed by atoms with van der Waals surface area (Å²) in [5, 5.41) is 11.2. The second-order valence-corrected chi connectivity index (χ2v) is 19.0. The molecule has 29 nitrogen and oxygen atoms in total. The van der Waals surface area contributed by atoms with Gasteiger partial charge in [-0.3, -0.25) is 62.5 Å².